The van der Waals surface area contributed by atoms with Gasteiger partial charge in [0.25, 0.3) is 0 Å². The first-order valence-corrected chi connectivity index (χ1v) is 42.9. The number of aromatic amines is 1. The molecule has 25 rings (SSSR count). The molecule has 25 aromatic rings. The molecule has 9 aromatic carbocycles. The molecule has 0 aliphatic heterocycles. The van der Waals surface area contributed by atoms with Crippen LogP contribution in [-0.2, 0) is 0 Å². The number of rotatable bonds is 10. The summed E-state index contributed by atoms with van der Waals surface area (Å²) >= 11 is 0. The number of nitrogens with zero attached hydrogens (tertiary/aromatic N) is 22. The molecule has 0 amide bonds. The Labute approximate surface area is 786 Å². The number of halogens is 6. The number of imidazole rings is 1. The lowest BCUT2D eigenvalue weighted by Gasteiger charge is -2.14. The van der Waals surface area contributed by atoms with Gasteiger partial charge < -0.3 is 38.8 Å². The predicted molar refractivity (Wildman–Crippen MR) is 529 cm³/mol. The van der Waals surface area contributed by atoms with Crippen molar-refractivity contribution in [2.75, 3.05) is 34.4 Å². The highest BCUT2D eigenvalue weighted by Gasteiger charge is 2.26. The molecule has 140 heavy (non-hydrogen) atoms. The van der Waals surface area contributed by atoms with Crippen molar-refractivity contribution in [3.8, 4) is 112 Å². The molecule has 0 saturated carbocycles. The summed E-state index contributed by atoms with van der Waals surface area (Å²) in [5.74, 6) is -0.575. The first kappa shape index (κ1) is 86.8. The average Bonchev–Trinajstić information content (AvgIpc) is 1.43. The third kappa shape index (κ3) is 17.1. The van der Waals surface area contributed by atoms with Crippen molar-refractivity contribution >= 4 is 139 Å². The molecule has 35 heteroatoms. The predicted octanol–water partition coefficient (Wildman–Crippen LogP) is 20.7. The largest absolute Gasteiger partial charge is 0.382 e. The van der Waals surface area contributed by atoms with E-state index in [9.17, 15) is 26.3 Å². The van der Waals surface area contributed by atoms with Crippen molar-refractivity contribution in [2.24, 2.45) is 0 Å². The molecule has 0 saturated heterocycles. The van der Waals surface area contributed by atoms with Crippen LogP contribution in [0.5, 0.6) is 0 Å². The summed E-state index contributed by atoms with van der Waals surface area (Å²) in [4.78, 5) is 87.8. The molecule has 13 N–H and O–H groups in total. The molecule has 0 unspecified atom stereocenters. The van der Waals surface area contributed by atoms with E-state index in [1.807, 2.05) is 95.8 Å². The van der Waals surface area contributed by atoms with Crippen LogP contribution in [0.15, 0.2) is 330 Å². The van der Waals surface area contributed by atoms with Crippen LogP contribution in [-0.4, -0.2) is 114 Å². The van der Waals surface area contributed by atoms with Crippen molar-refractivity contribution in [3.05, 3.63) is 365 Å². The van der Waals surface area contributed by atoms with Crippen molar-refractivity contribution in [1.82, 2.24) is 114 Å². The molecular formula is C105H67F6N29. The minimum Gasteiger partial charge on any atom is -0.382 e. The second-order valence-corrected chi connectivity index (χ2v) is 31.7. The molecule has 0 bridgehead atoms. The van der Waals surface area contributed by atoms with E-state index in [1.54, 1.807) is 160 Å². The van der Waals surface area contributed by atoms with E-state index in [-0.39, 0.29) is 69.6 Å². The zero-order valence-corrected chi connectivity index (χ0v) is 72.7. The number of hydrogen-bond donors (Lipinski definition) is 7. The Bertz CT molecular complexity index is 8920. The molecule has 0 spiro atoms. The van der Waals surface area contributed by atoms with Crippen molar-refractivity contribution < 1.29 is 26.3 Å². The fourth-order valence-electron chi connectivity index (χ4n) is 16.6. The Morgan fingerprint density at radius 2 is 0.600 bits per heavy atom. The van der Waals surface area contributed by atoms with Gasteiger partial charge in [0.05, 0.1) is 45.7 Å². The van der Waals surface area contributed by atoms with Gasteiger partial charge in [0.15, 0.2) is 29.1 Å². The van der Waals surface area contributed by atoms with Gasteiger partial charge in [-0.1, -0.05) is 30.3 Å². The third-order valence-electron chi connectivity index (χ3n) is 23.0. The molecular weight excluding hydrogens is 1780 g/mol. The standard InChI is InChI=1S/C22H13F2N5.C22H14FN5.C21H14FN7.2C20H13FN6/c23-15-5-3-12(4-6-15)19-17(20-21(22(25)29-19)28-9-8-27-20)14-10-13-2-1-7-26-18(13)16(24)11-14;23-17-5-3-13(4-6-17)19-18(20-21(22(24)28-19)27-10-9-26-20)15-1-2-16-12-25-8-7-14(16)11-15;22-14-4-1-11(2-5-14)17-16(18-19(20(23)29-17)26-8-7-25-18)12-3-6-15-13(9-12)10-27-21(24)28-15;21-14-4-1-11(2-5-14)17-16(12-3-6-15-13(9-12)10-25-27-15)18-19(20(22)26-17)24-8-7-23-18;21-14-4-1-12(2-5-14)17-16(13-3-6-15-23-9-10-27(15)11-13)18-19(20(22)26-17)25-8-7-24-18/h1-11H,(H2,25,29);1-12H,(H2,24,28);1-10H,(H2,23,29)(H2,24,27,28);1-10H,(H2,22,26)(H,25,27);1-11H,(H2,22,26). The van der Waals surface area contributed by atoms with E-state index in [0.717, 1.165) is 99.4 Å². The molecule has 16 aromatic heterocycles. The fraction of sp³-hybridized carbons (Fsp3) is 0. The summed E-state index contributed by atoms with van der Waals surface area (Å²) in [6.45, 7) is 0. The molecule has 0 radical (unpaired) electrons. The normalized spacial score (nSPS) is 11.2. The summed E-state index contributed by atoms with van der Waals surface area (Å²) in [5, 5.41) is 11.5. The van der Waals surface area contributed by atoms with Crippen LogP contribution in [0.3, 0.4) is 0 Å². The molecule has 16 heterocycles. The van der Waals surface area contributed by atoms with Crippen LogP contribution >= 0.6 is 0 Å². The zero-order chi connectivity index (χ0) is 95.8. The first-order chi connectivity index (χ1) is 68.3. The van der Waals surface area contributed by atoms with E-state index in [4.69, 9.17) is 34.4 Å². The summed E-state index contributed by atoms with van der Waals surface area (Å²) in [6, 6.07) is 60.7. The third-order valence-corrected chi connectivity index (χ3v) is 23.0. The van der Waals surface area contributed by atoms with Crippen LogP contribution in [0.2, 0.25) is 0 Å². The number of pyridine rings is 8. The molecule has 0 fully saturated rings. The van der Waals surface area contributed by atoms with Gasteiger partial charge in [-0.25, -0.2) is 91.1 Å². The molecule has 674 valence electrons. The smallest absolute Gasteiger partial charge is 0.220 e. The van der Waals surface area contributed by atoms with Gasteiger partial charge in [-0.2, -0.15) is 5.10 Å². The first-order valence-electron chi connectivity index (χ1n) is 42.9. The van der Waals surface area contributed by atoms with Crippen molar-refractivity contribution in [2.45, 2.75) is 0 Å². The summed E-state index contributed by atoms with van der Waals surface area (Å²) in [6.07, 6.45) is 30.0. The minimum atomic E-state index is -0.461. The van der Waals surface area contributed by atoms with E-state index in [0.29, 0.717) is 111 Å². The van der Waals surface area contributed by atoms with E-state index >= 15 is 0 Å². The lowest BCUT2D eigenvalue weighted by atomic mass is 9.96. The minimum absolute atomic E-state index is 0.194. The van der Waals surface area contributed by atoms with Gasteiger partial charge in [0, 0.05) is 188 Å². The van der Waals surface area contributed by atoms with Gasteiger partial charge >= 0.3 is 0 Å². The monoisotopic (exact) mass is 1850 g/mol. The topological polar surface area (TPSA) is 447 Å². The van der Waals surface area contributed by atoms with Crippen LogP contribution < -0.4 is 34.4 Å². The Hall–Kier alpha value is -19.9. The van der Waals surface area contributed by atoms with Crippen molar-refractivity contribution in [1.29, 1.82) is 0 Å². The van der Waals surface area contributed by atoms with Gasteiger partial charge in [0.1, 0.15) is 101 Å². The van der Waals surface area contributed by atoms with Crippen LogP contribution in [0, 0.1) is 34.9 Å². The highest BCUT2D eigenvalue weighted by Crippen LogP contribution is 2.45. The second-order valence-electron chi connectivity index (χ2n) is 31.7. The Morgan fingerprint density at radius 3 is 1.04 bits per heavy atom. The number of aromatic nitrogens is 23. The SMILES string of the molecule is Nc1nc(-c2ccc(F)cc2)c(-c2cc(F)c3ncccc3c2)c2nccnc12.Nc1nc(-c2ccc(F)cc2)c(-c2ccc3[nH]ncc3c2)c2nccnc12.Nc1nc(-c2ccc(F)cc2)c(-c2ccc3cnccc3c2)c2nccnc12.Nc1nc(-c2ccc(F)cc2)c(-c2ccc3nccn3c2)c2nccnc12.Nc1ncc2cc(-c3c(-c4ccc(F)cc4)nc(N)c4nccnc34)ccc2n1. The van der Waals surface area contributed by atoms with E-state index < -0.39 is 5.82 Å². The van der Waals surface area contributed by atoms with Crippen LogP contribution in [0.1, 0.15) is 0 Å². The second kappa shape index (κ2) is 36.9. The number of H-pyrrole nitrogens is 1. The number of anilines is 6. The highest BCUT2D eigenvalue weighted by molar-refractivity contribution is 6.10. The summed E-state index contributed by atoms with van der Waals surface area (Å²) < 4.78 is 84.0. The van der Waals surface area contributed by atoms with Crippen LogP contribution in [0.4, 0.5) is 61.4 Å². The lowest BCUT2D eigenvalue weighted by molar-refractivity contribution is 0.627. The average molecular weight is 1850 g/mol. The molecule has 0 aliphatic carbocycles. The molecule has 0 aliphatic rings. The Balaban J connectivity index is 0.000000104. The Kier molecular flexibility index (Phi) is 22.9. The molecule has 29 nitrogen and oxygen atoms in total. The zero-order valence-electron chi connectivity index (χ0n) is 72.7. The van der Waals surface area contributed by atoms with Gasteiger partial charge in [-0.05, 0) is 216 Å². The maximum Gasteiger partial charge on any atom is 0.220 e. The number of hydrogen-bond acceptors (Lipinski definition) is 27. The summed E-state index contributed by atoms with van der Waals surface area (Å²) in [7, 11) is 0. The lowest BCUT2D eigenvalue weighted by Crippen LogP contribution is -2.01. The number of nitrogens with one attached hydrogen (secondary N) is 1. The highest BCUT2D eigenvalue weighted by atomic mass is 19.1. The summed E-state index contributed by atoms with van der Waals surface area (Å²) in [5.41, 5.74) is 59.1. The fourth-order valence-corrected chi connectivity index (χ4v) is 16.6. The maximum atomic E-state index is 14.8. The number of fused-ring (bicyclic) bond motifs is 10. The molecule has 0 atom stereocenters. The number of nitrogens with two attached hydrogens (primary N) is 6. The number of benzene rings is 9. The van der Waals surface area contributed by atoms with Gasteiger partial charge in [-0.3, -0.25) is 40.0 Å². The van der Waals surface area contributed by atoms with E-state index in [2.05, 4.69) is 116 Å². The van der Waals surface area contributed by atoms with Crippen molar-refractivity contribution in [3.63, 3.8) is 0 Å². The van der Waals surface area contributed by atoms with Crippen LogP contribution in [0.25, 0.3) is 216 Å². The quantitative estimate of drug-likeness (QED) is 0.0625. The number of nitrogen functional groups attached to an aromatic ring is 6. The van der Waals surface area contributed by atoms with Gasteiger partial charge in [0.2, 0.25) is 5.95 Å². The van der Waals surface area contributed by atoms with E-state index in [1.165, 1.54) is 72.9 Å². The Morgan fingerprint density at radius 1 is 0.243 bits per heavy atom. The maximum absolute atomic E-state index is 14.8. The van der Waals surface area contributed by atoms with Gasteiger partial charge in [-0.15, -0.1) is 0 Å².